The first-order chi connectivity index (χ1) is 9.78. The summed E-state index contributed by atoms with van der Waals surface area (Å²) in [6, 6.07) is 1.45. The molecule has 0 unspecified atom stereocenters. The van der Waals surface area contributed by atoms with Crippen LogP contribution in [0.4, 0.5) is 0 Å². The van der Waals surface area contributed by atoms with Gasteiger partial charge in [0, 0.05) is 6.07 Å². The first-order valence-electron chi connectivity index (χ1n) is 5.82. The molecule has 0 N–H and O–H groups in total. The second kappa shape index (κ2) is 7.18. The maximum absolute atomic E-state index is 12.2. The summed E-state index contributed by atoms with van der Waals surface area (Å²) in [5.41, 5.74) is 0.173. The highest BCUT2D eigenvalue weighted by Crippen LogP contribution is 2.11. The topological polar surface area (TPSA) is 116 Å². The van der Waals surface area contributed by atoms with Gasteiger partial charge in [0.2, 0.25) is 10.0 Å². The minimum absolute atomic E-state index is 0.173. The van der Waals surface area contributed by atoms with Gasteiger partial charge in [-0.25, -0.2) is 8.42 Å². The number of methoxy groups -OCH3 is 2. The van der Waals surface area contributed by atoms with Crippen molar-refractivity contribution in [1.29, 1.82) is 0 Å². The highest BCUT2D eigenvalue weighted by Gasteiger charge is 2.29. The van der Waals surface area contributed by atoms with Crippen molar-refractivity contribution in [3.8, 4) is 0 Å². The predicted octanol–water partition coefficient (Wildman–Crippen LogP) is -0.539. The molecule has 9 nitrogen and oxygen atoms in total. The zero-order valence-corrected chi connectivity index (χ0v) is 12.7. The fourth-order valence-corrected chi connectivity index (χ4v) is 2.73. The molecule has 0 atom stereocenters. The smallest absolute Gasteiger partial charge is 0.321 e. The highest BCUT2D eigenvalue weighted by atomic mass is 32.2. The fraction of sp³-hybridized carbons (Fsp3) is 0.545. The van der Waals surface area contributed by atoms with Crippen molar-refractivity contribution in [1.82, 2.24) is 9.46 Å². The van der Waals surface area contributed by atoms with E-state index in [0.29, 0.717) is 10.1 Å². The molecular formula is C11H16N2O7S. The van der Waals surface area contributed by atoms with E-state index in [-0.39, 0.29) is 5.69 Å². The van der Waals surface area contributed by atoms with Crippen molar-refractivity contribution in [2.75, 3.05) is 27.3 Å². The maximum atomic E-state index is 12.2. The van der Waals surface area contributed by atoms with Crippen molar-refractivity contribution in [2.45, 2.75) is 12.7 Å². The molecule has 0 aliphatic carbocycles. The zero-order chi connectivity index (χ0) is 16.0. The molecular weight excluding hydrogens is 304 g/mol. The highest BCUT2D eigenvalue weighted by molar-refractivity contribution is 7.88. The number of sulfonamides is 1. The Morgan fingerprint density at radius 3 is 2.14 bits per heavy atom. The van der Waals surface area contributed by atoms with Gasteiger partial charge in [-0.3, -0.25) is 9.59 Å². The Hall–Kier alpha value is -1.94. The quantitative estimate of drug-likeness (QED) is 0.615. The van der Waals surface area contributed by atoms with E-state index in [2.05, 4.69) is 14.6 Å². The SMILES string of the molecule is COC(=O)CN(CC(=O)OC)S(=O)(=O)Cc1cc(C)on1. The third kappa shape index (κ3) is 5.16. The molecule has 0 radical (unpaired) electrons. The molecule has 1 heterocycles. The monoisotopic (exact) mass is 320 g/mol. The van der Waals surface area contributed by atoms with Crippen LogP contribution in [0.2, 0.25) is 0 Å². The van der Waals surface area contributed by atoms with Gasteiger partial charge in [0.25, 0.3) is 0 Å². The summed E-state index contributed by atoms with van der Waals surface area (Å²) >= 11 is 0. The lowest BCUT2D eigenvalue weighted by Gasteiger charge is -2.18. The van der Waals surface area contributed by atoms with Crippen LogP contribution in [0.5, 0.6) is 0 Å². The number of hydrogen-bond acceptors (Lipinski definition) is 8. The predicted molar refractivity (Wildman–Crippen MR) is 69.5 cm³/mol. The van der Waals surface area contributed by atoms with Crippen LogP contribution in [0, 0.1) is 6.92 Å². The Morgan fingerprint density at radius 1 is 1.24 bits per heavy atom. The van der Waals surface area contributed by atoms with E-state index in [9.17, 15) is 18.0 Å². The Labute approximate surface area is 121 Å². The van der Waals surface area contributed by atoms with Crippen molar-refractivity contribution in [2.24, 2.45) is 0 Å². The van der Waals surface area contributed by atoms with Crippen LogP contribution < -0.4 is 0 Å². The molecule has 0 amide bonds. The van der Waals surface area contributed by atoms with Gasteiger partial charge >= 0.3 is 11.9 Å². The number of carbonyl (C=O) groups excluding carboxylic acids is 2. The normalized spacial score (nSPS) is 11.4. The largest absolute Gasteiger partial charge is 0.468 e. The van der Waals surface area contributed by atoms with E-state index < -0.39 is 40.8 Å². The lowest BCUT2D eigenvalue weighted by atomic mass is 10.4. The molecule has 1 rings (SSSR count). The summed E-state index contributed by atoms with van der Waals surface area (Å²) < 4.78 is 38.8. The fourth-order valence-electron chi connectivity index (χ4n) is 1.43. The van der Waals surface area contributed by atoms with Gasteiger partial charge in [-0.15, -0.1) is 0 Å². The van der Waals surface area contributed by atoms with E-state index in [4.69, 9.17) is 4.52 Å². The maximum Gasteiger partial charge on any atom is 0.321 e. The summed E-state index contributed by atoms with van der Waals surface area (Å²) in [6.45, 7) is 0.430. The van der Waals surface area contributed by atoms with Gasteiger partial charge in [-0.1, -0.05) is 5.16 Å². The molecule has 21 heavy (non-hydrogen) atoms. The van der Waals surface area contributed by atoms with Crippen LogP contribution in [0.25, 0.3) is 0 Å². The van der Waals surface area contributed by atoms with Crippen LogP contribution >= 0.6 is 0 Å². The summed E-state index contributed by atoms with van der Waals surface area (Å²) in [5.74, 6) is -1.64. The number of esters is 2. The lowest BCUT2D eigenvalue weighted by Crippen LogP contribution is -2.40. The van der Waals surface area contributed by atoms with Crippen molar-refractivity contribution >= 4 is 22.0 Å². The standard InChI is InChI=1S/C11H16N2O7S/c1-8-4-9(12-20-8)7-21(16,17)13(5-10(14)18-2)6-11(15)19-3/h4H,5-7H2,1-3H3. The number of aryl methyl sites for hydroxylation is 1. The van der Waals surface area contributed by atoms with Crippen molar-refractivity contribution < 1.29 is 32.0 Å². The van der Waals surface area contributed by atoms with Gasteiger partial charge in [0.05, 0.1) is 14.2 Å². The van der Waals surface area contributed by atoms with E-state index in [1.807, 2.05) is 0 Å². The molecule has 0 bridgehead atoms. The number of aromatic nitrogens is 1. The van der Waals surface area contributed by atoms with E-state index in [0.717, 1.165) is 14.2 Å². The molecule has 0 aromatic carbocycles. The summed E-state index contributed by atoms with van der Waals surface area (Å²) in [7, 11) is -1.73. The number of hydrogen-bond donors (Lipinski definition) is 0. The Kier molecular flexibility index (Phi) is 5.85. The van der Waals surface area contributed by atoms with Gasteiger partial charge in [-0.05, 0) is 6.92 Å². The van der Waals surface area contributed by atoms with E-state index >= 15 is 0 Å². The summed E-state index contributed by atoms with van der Waals surface area (Å²) in [6.07, 6.45) is 0. The third-order valence-corrected chi connectivity index (χ3v) is 4.17. The average Bonchev–Trinajstić information content (AvgIpc) is 2.81. The minimum Gasteiger partial charge on any atom is -0.468 e. The van der Waals surface area contributed by atoms with Crippen LogP contribution in [0.1, 0.15) is 11.5 Å². The number of nitrogens with zero attached hydrogens (tertiary/aromatic N) is 2. The average molecular weight is 320 g/mol. The molecule has 0 aliphatic heterocycles. The number of ether oxygens (including phenoxy) is 2. The summed E-state index contributed by atoms with van der Waals surface area (Å²) in [5, 5.41) is 3.57. The number of rotatable bonds is 7. The second-order valence-corrected chi connectivity index (χ2v) is 6.07. The van der Waals surface area contributed by atoms with E-state index in [1.54, 1.807) is 6.92 Å². The Bertz CT molecular complexity index is 590. The van der Waals surface area contributed by atoms with Gasteiger partial charge in [0.1, 0.15) is 30.3 Å². The van der Waals surface area contributed by atoms with Gasteiger partial charge in [-0.2, -0.15) is 4.31 Å². The lowest BCUT2D eigenvalue weighted by molar-refractivity contribution is -0.143. The first kappa shape index (κ1) is 17.1. The molecule has 0 saturated heterocycles. The third-order valence-electron chi connectivity index (χ3n) is 2.47. The van der Waals surface area contributed by atoms with Crippen molar-refractivity contribution in [3.05, 3.63) is 17.5 Å². The van der Waals surface area contributed by atoms with Gasteiger partial charge in [0.15, 0.2) is 0 Å². The summed E-state index contributed by atoms with van der Waals surface area (Å²) in [4.78, 5) is 22.6. The Balaban J connectivity index is 2.92. The number of carbonyl (C=O) groups is 2. The van der Waals surface area contributed by atoms with Gasteiger partial charge < -0.3 is 14.0 Å². The molecule has 0 fully saturated rings. The van der Waals surface area contributed by atoms with Crippen LogP contribution in [-0.2, 0) is 34.8 Å². The molecule has 0 aliphatic rings. The molecule has 0 saturated carbocycles. The van der Waals surface area contributed by atoms with Crippen LogP contribution in [-0.4, -0.2) is 57.1 Å². The Morgan fingerprint density at radius 2 is 1.76 bits per heavy atom. The zero-order valence-electron chi connectivity index (χ0n) is 11.9. The second-order valence-electron chi connectivity index (χ2n) is 4.11. The molecule has 10 heteroatoms. The molecule has 1 aromatic heterocycles. The molecule has 0 spiro atoms. The van der Waals surface area contributed by atoms with E-state index in [1.165, 1.54) is 6.07 Å². The van der Waals surface area contributed by atoms with Crippen molar-refractivity contribution in [3.63, 3.8) is 0 Å². The molecule has 1 aromatic rings. The van der Waals surface area contributed by atoms with Crippen LogP contribution in [0.15, 0.2) is 10.6 Å². The first-order valence-corrected chi connectivity index (χ1v) is 7.43. The van der Waals surface area contributed by atoms with Crippen LogP contribution in [0.3, 0.4) is 0 Å². The molecule has 118 valence electrons. The minimum atomic E-state index is -3.96.